The van der Waals surface area contributed by atoms with E-state index >= 15 is 0 Å². The number of benzene rings is 1. The van der Waals surface area contributed by atoms with Crippen molar-refractivity contribution in [2.24, 2.45) is 0 Å². The third kappa shape index (κ3) is 5.71. The monoisotopic (exact) mass is 433 g/mol. The average Bonchev–Trinajstić information content (AvgIpc) is 2.65. The Kier molecular flexibility index (Phi) is 7.97. The molecule has 30 heavy (non-hydrogen) atoms. The predicted molar refractivity (Wildman–Crippen MR) is 97.0 cm³/mol. The van der Waals surface area contributed by atoms with E-state index in [1.807, 2.05) is 5.32 Å². The van der Waals surface area contributed by atoms with E-state index in [4.69, 9.17) is 4.74 Å². The first-order chi connectivity index (χ1) is 13.8. The smallest absolute Gasteiger partial charge is 0.419 e. The lowest BCUT2D eigenvalue weighted by Gasteiger charge is -2.28. The molecule has 2 N–H and O–H groups in total. The molecule has 1 aromatic carbocycles. The highest BCUT2D eigenvalue weighted by atomic mass is 19.4. The zero-order valence-corrected chi connectivity index (χ0v) is 16.8. The molecule has 11 heteroatoms. The Morgan fingerprint density at radius 1 is 1.20 bits per heavy atom. The fourth-order valence-corrected chi connectivity index (χ4v) is 2.50. The summed E-state index contributed by atoms with van der Waals surface area (Å²) in [6, 6.07) is 2.38. The lowest BCUT2D eigenvalue weighted by molar-refractivity contribution is -0.168. The number of aliphatic carboxylic acids is 1. The molecule has 1 aromatic rings. The quantitative estimate of drug-likeness (QED) is 0.349. The minimum absolute atomic E-state index is 0.322. The molecule has 0 aliphatic heterocycles. The molecule has 0 spiro atoms. The number of halogens is 3. The maximum atomic E-state index is 13.2. The number of carbonyl (C=O) groups excluding carboxylic acids is 3. The molecule has 2 atom stereocenters. The molecule has 0 radical (unpaired) electrons. The van der Waals surface area contributed by atoms with Gasteiger partial charge >= 0.3 is 18.1 Å². The van der Waals surface area contributed by atoms with Gasteiger partial charge in [0.2, 0.25) is 11.4 Å². The van der Waals surface area contributed by atoms with Crippen LogP contribution < -0.4 is 10.1 Å². The summed E-state index contributed by atoms with van der Waals surface area (Å²) in [5.41, 5.74) is -4.57. The molecule has 0 aliphatic rings. The Hall–Kier alpha value is -3.11. The number of ketones is 1. The summed E-state index contributed by atoms with van der Waals surface area (Å²) in [5.74, 6) is -5.90. The van der Waals surface area contributed by atoms with Gasteiger partial charge in [-0.25, -0.2) is 9.59 Å². The third-order valence-corrected chi connectivity index (χ3v) is 4.24. The summed E-state index contributed by atoms with van der Waals surface area (Å²) in [5, 5.41) is 11.5. The molecule has 2 unspecified atom stereocenters. The molecule has 166 valence electrons. The van der Waals surface area contributed by atoms with E-state index in [0.717, 1.165) is 26.2 Å². The maximum Gasteiger partial charge on any atom is 0.419 e. The molecule has 0 bridgehead atoms. The number of amides is 1. The summed E-state index contributed by atoms with van der Waals surface area (Å²) in [4.78, 5) is 48.6. The van der Waals surface area contributed by atoms with Crippen molar-refractivity contribution >= 4 is 23.6 Å². The summed E-state index contributed by atoms with van der Waals surface area (Å²) >= 11 is 0. The van der Waals surface area contributed by atoms with Gasteiger partial charge in [-0.05, 0) is 31.5 Å². The largest absolute Gasteiger partial charge is 0.496 e. The fraction of sp³-hybridized carbons (Fsp3) is 0.474. The van der Waals surface area contributed by atoms with Crippen molar-refractivity contribution in [3.63, 3.8) is 0 Å². The highest BCUT2D eigenvalue weighted by molar-refractivity contribution is 6.12. The highest BCUT2D eigenvalue weighted by Crippen LogP contribution is 2.37. The van der Waals surface area contributed by atoms with Crippen LogP contribution in [0.4, 0.5) is 13.2 Å². The van der Waals surface area contributed by atoms with Crippen LogP contribution in [0.25, 0.3) is 0 Å². The molecule has 0 saturated heterocycles. The van der Waals surface area contributed by atoms with E-state index in [1.165, 1.54) is 6.92 Å². The molecule has 0 fully saturated rings. The molecule has 8 nitrogen and oxygen atoms in total. The standard InChI is InChI=1S/C19H22F3NO7/c1-5-10(2)30-17(28)18(16(26)27,23-11(3)24)9-14(25)12-6-7-15(29-4)13(8-12)19(20,21)22/h6-8,10H,5,9H2,1-4H3,(H,23,24)(H,26,27). The normalized spacial score (nSPS) is 14.2. The van der Waals surface area contributed by atoms with Gasteiger partial charge in [0.1, 0.15) is 5.75 Å². The average molecular weight is 433 g/mol. The van der Waals surface area contributed by atoms with Crippen molar-refractivity contribution in [2.45, 2.75) is 51.4 Å². The second-order valence-corrected chi connectivity index (χ2v) is 6.53. The fourth-order valence-electron chi connectivity index (χ4n) is 2.50. The van der Waals surface area contributed by atoms with Crippen LogP contribution in [0.1, 0.15) is 49.5 Å². The molecular formula is C19H22F3NO7. The maximum absolute atomic E-state index is 13.2. The Labute approximate surface area is 170 Å². The van der Waals surface area contributed by atoms with Crippen LogP contribution in [-0.4, -0.2) is 47.5 Å². The predicted octanol–water partition coefficient (Wildman–Crippen LogP) is 2.59. The minimum Gasteiger partial charge on any atom is -0.496 e. The SMILES string of the molecule is CCC(C)OC(=O)C(CC(=O)c1ccc(OC)c(C(F)(F)F)c1)(NC(C)=O)C(=O)O. The van der Waals surface area contributed by atoms with Gasteiger partial charge in [-0.15, -0.1) is 0 Å². The zero-order chi connectivity index (χ0) is 23.3. The van der Waals surface area contributed by atoms with E-state index in [2.05, 4.69) is 4.74 Å². The van der Waals surface area contributed by atoms with Crippen molar-refractivity contribution in [2.75, 3.05) is 7.11 Å². The van der Waals surface area contributed by atoms with Gasteiger partial charge in [0.05, 0.1) is 25.2 Å². The van der Waals surface area contributed by atoms with Crippen LogP contribution in [0.5, 0.6) is 5.75 Å². The van der Waals surface area contributed by atoms with E-state index in [9.17, 15) is 37.5 Å². The van der Waals surface area contributed by atoms with Gasteiger partial charge in [-0.1, -0.05) is 6.92 Å². The van der Waals surface area contributed by atoms with Gasteiger partial charge in [-0.3, -0.25) is 9.59 Å². The van der Waals surface area contributed by atoms with Crippen LogP contribution in [0, 0.1) is 0 Å². The Balaban J connectivity index is 3.42. The molecule has 0 aromatic heterocycles. The number of Topliss-reactive ketones (excluding diaryl/α,β-unsaturated/α-hetero) is 1. The van der Waals surface area contributed by atoms with Crippen LogP contribution in [0.2, 0.25) is 0 Å². The molecule has 0 saturated carbocycles. The number of alkyl halides is 3. The van der Waals surface area contributed by atoms with E-state index in [0.29, 0.717) is 12.5 Å². The number of carbonyl (C=O) groups is 4. The van der Waals surface area contributed by atoms with Gasteiger partial charge in [-0.2, -0.15) is 13.2 Å². The van der Waals surface area contributed by atoms with Gasteiger partial charge in [0.15, 0.2) is 5.78 Å². The Bertz CT molecular complexity index is 838. The Morgan fingerprint density at radius 2 is 1.80 bits per heavy atom. The number of rotatable bonds is 9. The number of hydrogen-bond donors (Lipinski definition) is 2. The van der Waals surface area contributed by atoms with Gasteiger partial charge in [0, 0.05) is 12.5 Å². The van der Waals surface area contributed by atoms with Crippen molar-refractivity contribution in [1.82, 2.24) is 5.32 Å². The Morgan fingerprint density at radius 3 is 2.23 bits per heavy atom. The first kappa shape index (κ1) is 24.9. The number of carboxylic acid groups (broad SMARTS) is 1. The molecule has 1 amide bonds. The number of hydrogen-bond acceptors (Lipinski definition) is 6. The van der Waals surface area contributed by atoms with Gasteiger partial charge in [0.25, 0.3) is 0 Å². The van der Waals surface area contributed by atoms with Crippen LogP contribution in [0.3, 0.4) is 0 Å². The van der Waals surface area contributed by atoms with Crippen molar-refractivity contribution in [3.05, 3.63) is 29.3 Å². The summed E-state index contributed by atoms with van der Waals surface area (Å²) in [7, 11) is 1.02. The summed E-state index contributed by atoms with van der Waals surface area (Å²) in [6.07, 6.45) is -6.40. The minimum atomic E-state index is -4.85. The van der Waals surface area contributed by atoms with E-state index in [-0.39, 0.29) is 0 Å². The molecular weight excluding hydrogens is 411 g/mol. The van der Waals surface area contributed by atoms with Crippen LogP contribution >= 0.6 is 0 Å². The molecule has 0 heterocycles. The lowest BCUT2D eigenvalue weighted by atomic mass is 9.89. The topological polar surface area (TPSA) is 119 Å². The van der Waals surface area contributed by atoms with Crippen LogP contribution in [0.15, 0.2) is 18.2 Å². The first-order valence-electron chi connectivity index (χ1n) is 8.80. The van der Waals surface area contributed by atoms with Crippen molar-refractivity contribution in [3.8, 4) is 5.75 Å². The third-order valence-electron chi connectivity index (χ3n) is 4.24. The number of methoxy groups -OCH3 is 1. The number of nitrogens with one attached hydrogen (secondary N) is 1. The van der Waals surface area contributed by atoms with Gasteiger partial charge < -0.3 is 19.9 Å². The zero-order valence-electron chi connectivity index (χ0n) is 16.8. The summed E-state index contributed by atoms with van der Waals surface area (Å²) in [6.45, 7) is 4.05. The second kappa shape index (κ2) is 9.59. The highest BCUT2D eigenvalue weighted by Gasteiger charge is 2.51. The van der Waals surface area contributed by atoms with E-state index < -0.39 is 64.7 Å². The number of esters is 1. The summed E-state index contributed by atoms with van der Waals surface area (Å²) < 4.78 is 49.3. The van der Waals surface area contributed by atoms with Crippen molar-refractivity contribution in [1.29, 1.82) is 0 Å². The first-order valence-corrected chi connectivity index (χ1v) is 8.80. The van der Waals surface area contributed by atoms with Crippen LogP contribution in [-0.2, 0) is 25.3 Å². The number of ether oxygens (including phenoxy) is 2. The lowest BCUT2D eigenvalue weighted by Crippen LogP contribution is -2.61. The second-order valence-electron chi connectivity index (χ2n) is 6.53. The molecule has 0 aliphatic carbocycles. The van der Waals surface area contributed by atoms with Crippen molar-refractivity contribution < 1.29 is 46.9 Å². The number of carboxylic acids is 1. The molecule has 1 rings (SSSR count). The van der Waals surface area contributed by atoms with E-state index in [1.54, 1.807) is 6.92 Å².